The van der Waals surface area contributed by atoms with E-state index in [0.717, 1.165) is 12.1 Å². The monoisotopic (exact) mass is 485 g/mol. The SMILES string of the molecule is O=C(NCC1OC(CO)C(O)C1N1CCN(c2cccc(C(F)(F)F)c2)CC1)c1cccs1. The molecule has 0 aliphatic carbocycles. The van der Waals surface area contributed by atoms with Gasteiger partial charge < -0.3 is 25.2 Å². The van der Waals surface area contributed by atoms with Crippen LogP contribution in [0.3, 0.4) is 0 Å². The Labute approximate surface area is 193 Å². The lowest BCUT2D eigenvalue weighted by Crippen LogP contribution is -2.57. The minimum absolute atomic E-state index is 0.169. The molecule has 0 spiro atoms. The molecule has 33 heavy (non-hydrogen) atoms. The number of thiophene rings is 1. The molecule has 2 aromatic rings. The molecule has 7 nitrogen and oxygen atoms in total. The zero-order chi connectivity index (χ0) is 23.6. The van der Waals surface area contributed by atoms with Gasteiger partial charge >= 0.3 is 6.18 Å². The van der Waals surface area contributed by atoms with E-state index in [1.54, 1.807) is 23.6 Å². The molecule has 1 aromatic heterocycles. The van der Waals surface area contributed by atoms with Crippen LogP contribution in [-0.2, 0) is 10.9 Å². The number of alkyl halides is 3. The molecule has 0 radical (unpaired) electrons. The highest BCUT2D eigenvalue weighted by Crippen LogP contribution is 2.32. The van der Waals surface area contributed by atoms with E-state index in [1.165, 1.54) is 17.4 Å². The van der Waals surface area contributed by atoms with Crippen LogP contribution in [0.25, 0.3) is 0 Å². The number of piperazine rings is 1. The van der Waals surface area contributed by atoms with Crippen molar-refractivity contribution in [1.82, 2.24) is 10.2 Å². The van der Waals surface area contributed by atoms with E-state index in [2.05, 4.69) is 5.32 Å². The second-order valence-corrected chi connectivity index (χ2v) is 9.08. The summed E-state index contributed by atoms with van der Waals surface area (Å²) in [5, 5.41) is 25.0. The third kappa shape index (κ3) is 5.33. The first-order valence-corrected chi connectivity index (χ1v) is 11.6. The number of aliphatic hydroxyl groups excluding tert-OH is 2. The Kier molecular flexibility index (Phi) is 7.25. The molecule has 11 heteroatoms. The fraction of sp³-hybridized carbons (Fsp3) is 0.500. The maximum Gasteiger partial charge on any atom is 0.416 e. The molecule has 2 fully saturated rings. The highest BCUT2D eigenvalue weighted by molar-refractivity contribution is 7.12. The molecule has 2 saturated heterocycles. The fourth-order valence-corrected chi connectivity index (χ4v) is 5.08. The number of carbonyl (C=O) groups is 1. The van der Waals surface area contributed by atoms with Crippen molar-refractivity contribution in [2.75, 3.05) is 44.2 Å². The van der Waals surface area contributed by atoms with Gasteiger partial charge in [0.2, 0.25) is 0 Å². The van der Waals surface area contributed by atoms with E-state index >= 15 is 0 Å². The third-order valence-electron chi connectivity index (χ3n) is 6.12. The van der Waals surface area contributed by atoms with Gasteiger partial charge in [-0.05, 0) is 29.6 Å². The highest BCUT2D eigenvalue weighted by Gasteiger charge is 2.46. The van der Waals surface area contributed by atoms with E-state index in [4.69, 9.17) is 4.74 Å². The molecule has 0 bridgehead atoms. The Morgan fingerprint density at radius 3 is 2.55 bits per heavy atom. The molecule has 2 aliphatic rings. The Bertz CT molecular complexity index is 935. The summed E-state index contributed by atoms with van der Waals surface area (Å²) in [5.74, 6) is -0.233. The Hall–Kier alpha value is -2.18. The summed E-state index contributed by atoms with van der Waals surface area (Å²) in [4.78, 5) is 16.8. The van der Waals surface area contributed by atoms with Crippen LogP contribution < -0.4 is 10.2 Å². The minimum atomic E-state index is -4.40. The van der Waals surface area contributed by atoms with E-state index < -0.39 is 36.1 Å². The summed E-state index contributed by atoms with van der Waals surface area (Å²) >= 11 is 1.32. The quantitative estimate of drug-likeness (QED) is 0.579. The third-order valence-corrected chi connectivity index (χ3v) is 6.99. The molecule has 4 atom stereocenters. The average Bonchev–Trinajstić information content (AvgIpc) is 3.45. The van der Waals surface area contributed by atoms with Gasteiger partial charge in [-0.2, -0.15) is 13.2 Å². The molecule has 180 valence electrons. The highest BCUT2D eigenvalue weighted by atomic mass is 32.1. The number of hydrogen-bond donors (Lipinski definition) is 3. The maximum absolute atomic E-state index is 13.1. The largest absolute Gasteiger partial charge is 0.416 e. The second kappa shape index (κ2) is 9.98. The zero-order valence-corrected chi connectivity index (χ0v) is 18.6. The number of ether oxygens (including phenoxy) is 1. The summed E-state index contributed by atoms with van der Waals surface area (Å²) < 4.78 is 45.0. The fourth-order valence-electron chi connectivity index (χ4n) is 4.44. The predicted molar refractivity (Wildman–Crippen MR) is 117 cm³/mol. The van der Waals surface area contributed by atoms with E-state index in [9.17, 15) is 28.2 Å². The van der Waals surface area contributed by atoms with Gasteiger partial charge in [0, 0.05) is 38.4 Å². The Morgan fingerprint density at radius 2 is 1.91 bits per heavy atom. The summed E-state index contributed by atoms with van der Waals surface area (Å²) in [6.45, 7) is 1.76. The summed E-state index contributed by atoms with van der Waals surface area (Å²) in [6.07, 6.45) is -6.64. The number of amides is 1. The van der Waals surface area contributed by atoms with E-state index in [-0.39, 0.29) is 19.1 Å². The van der Waals surface area contributed by atoms with Crippen LogP contribution in [0.15, 0.2) is 41.8 Å². The molecular formula is C22H26F3N3O4S. The van der Waals surface area contributed by atoms with Gasteiger partial charge in [0.1, 0.15) is 12.2 Å². The molecule has 3 N–H and O–H groups in total. The number of benzene rings is 1. The van der Waals surface area contributed by atoms with Crippen LogP contribution in [0.4, 0.5) is 18.9 Å². The molecule has 1 aromatic carbocycles. The summed E-state index contributed by atoms with van der Waals surface area (Å²) in [7, 11) is 0. The lowest BCUT2D eigenvalue weighted by molar-refractivity contribution is -0.137. The van der Waals surface area contributed by atoms with Crippen LogP contribution in [0.1, 0.15) is 15.2 Å². The smallest absolute Gasteiger partial charge is 0.394 e. The van der Waals surface area contributed by atoms with Gasteiger partial charge in [-0.15, -0.1) is 11.3 Å². The van der Waals surface area contributed by atoms with Gasteiger partial charge in [-0.25, -0.2) is 0 Å². The van der Waals surface area contributed by atoms with E-state index in [1.807, 2.05) is 9.80 Å². The molecule has 4 unspecified atom stereocenters. The van der Waals surface area contributed by atoms with Crippen molar-refractivity contribution in [3.63, 3.8) is 0 Å². The van der Waals surface area contributed by atoms with Crippen LogP contribution >= 0.6 is 11.3 Å². The van der Waals surface area contributed by atoms with Gasteiger partial charge in [0.05, 0.1) is 29.2 Å². The van der Waals surface area contributed by atoms with Crippen molar-refractivity contribution in [3.05, 3.63) is 52.2 Å². The normalized spacial score (nSPS) is 26.5. The first kappa shape index (κ1) is 24.0. The first-order chi connectivity index (χ1) is 15.8. The number of carbonyl (C=O) groups excluding carboxylic acids is 1. The van der Waals surface area contributed by atoms with Crippen molar-refractivity contribution in [2.45, 2.75) is 30.5 Å². The minimum Gasteiger partial charge on any atom is -0.394 e. The first-order valence-electron chi connectivity index (χ1n) is 10.7. The number of nitrogens with zero attached hydrogens (tertiary/aromatic N) is 2. The van der Waals surface area contributed by atoms with Crippen molar-refractivity contribution in [2.24, 2.45) is 0 Å². The number of aliphatic hydroxyl groups is 2. The average molecular weight is 486 g/mol. The molecule has 3 heterocycles. The van der Waals surface area contributed by atoms with Crippen LogP contribution in [-0.4, -0.2) is 84.7 Å². The number of anilines is 1. The van der Waals surface area contributed by atoms with Crippen molar-refractivity contribution < 1.29 is 32.9 Å². The standard InChI is InChI=1S/C22H26F3N3O4S/c23-22(24,25)14-3-1-4-15(11-14)27-6-8-28(9-7-27)19-16(32-17(13-29)20(19)30)12-26-21(31)18-5-2-10-33-18/h1-5,10-11,16-17,19-20,29-30H,6-9,12-13H2,(H,26,31). The summed E-state index contributed by atoms with van der Waals surface area (Å²) in [6, 6.07) is 8.30. The number of rotatable bonds is 6. The lowest BCUT2D eigenvalue weighted by Gasteiger charge is -2.41. The van der Waals surface area contributed by atoms with Gasteiger partial charge in [0.25, 0.3) is 5.91 Å². The number of nitrogens with one attached hydrogen (secondary N) is 1. The van der Waals surface area contributed by atoms with Crippen molar-refractivity contribution in [3.8, 4) is 0 Å². The topological polar surface area (TPSA) is 85.3 Å². The van der Waals surface area contributed by atoms with Gasteiger partial charge in [-0.3, -0.25) is 9.69 Å². The molecular weight excluding hydrogens is 459 g/mol. The number of hydrogen-bond acceptors (Lipinski definition) is 7. The van der Waals surface area contributed by atoms with Gasteiger partial charge in [0.15, 0.2) is 0 Å². The number of halogens is 3. The van der Waals surface area contributed by atoms with Crippen LogP contribution in [0.2, 0.25) is 0 Å². The van der Waals surface area contributed by atoms with Crippen molar-refractivity contribution in [1.29, 1.82) is 0 Å². The van der Waals surface area contributed by atoms with Gasteiger partial charge in [-0.1, -0.05) is 12.1 Å². The Morgan fingerprint density at radius 1 is 1.15 bits per heavy atom. The molecule has 2 aliphatic heterocycles. The van der Waals surface area contributed by atoms with E-state index in [0.29, 0.717) is 36.7 Å². The molecule has 1 amide bonds. The second-order valence-electron chi connectivity index (χ2n) is 8.14. The molecule has 0 saturated carbocycles. The predicted octanol–water partition coefficient (Wildman–Crippen LogP) is 1.81. The zero-order valence-electron chi connectivity index (χ0n) is 17.7. The van der Waals surface area contributed by atoms with Crippen LogP contribution in [0, 0.1) is 0 Å². The molecule has 4 rings (SSSR count). The Balaban J connectivity index is 1.40. The van der Waals surface area contributed by atoms with Crippen LogP contribution in [0.5, 0.6) is 0 Å². The lowest BCUT2D eigenvalue weighted by atomic mass is 10.0. The summed E-state index contributed by atoms with van der Waals surface area (Å²) in [5.41, 5.74) is -0.185. The maximum atomic E-state index is 13.1. The van der Waals surface area contributed by atoms with Crippen molar-refractivity contribution >= 4 is 22.9 Å².